The molecule has 0 saturated heterocycles. The Bertz CT molecular complexity index is 1420. The van der Waals surface area contributed by atoms with Gasteiger partial charge in [0.2, 0.25) is 0 Å². The number of anilines is 1. The van der Waals surface area contributed by atoms with Gasteiger partial charge in [0.25, 0.3) is 17.7 Å². The highest BCUT2D eigenvalue weighted by molar-refractivity contribution is 6.25. The highest BCUT2D eigenvalue weighted by Gasteiger charge is 2.33. The Labute approximate surface area is 211 Å². The van der Waals surface area contributed by atoms with Gasteiger partial charge in [-0.2, -0.15) is 0 Å². The molecule has 5 nitrogen and oxygen atoms in total. The second kappa shape index (κ2) is 9.08. The van der Waals surface area contributed by atoms with E-state index in [1.807, 2.05) is 66.7 Å². The fourth-order valence-electron chi connectivity index (χ4n) is 4.71. The summed E-state index contributed by atoms with van der Waals surface area (Å²) in [6.07, 6.45) is 0. The molecule has 1 aliphatic rings. The molecule has 0 fully saturated rings. The van der Waals surface area contributed by atoms with Gasteiger partial charge < -0.3 is 4.90 Å². The molecule has 4 aromatic carbocycles. The van der Waals surface area contributed by atoms with E-state index >= 15 is 0 Å². The van der Waals surface area contributed by atoms with Gasteiger partial charge in [0.05, 0.1) is 0 Å². The van der Waals surface area contributed by atoms with E-state index in [4.69, 9.17) is 0 Å². The van der Waals surface area contributed by atoms with Gasteiger partial charge >= 0.3 is 0 Å². The van der Waals surface area contributed by atoms with E-state index in [2.05, 4.69) is 20.8 Å². The Morgan fingerprint density at radius 1 is 0.750 bits per heavy atom. The smallest absolute Gasteiger partial charge is 0.261 e. The fourth-order valence-corrected chi connectivity index (χ4v) is 4.71. The first-order valence-corrected chi connectivity index (χ1v) is 12.1. The van der Waals surface area contributed by atoms with Gasteiger partial charge in [0, 0.05) is 40.9 Å². The molecule has 0 spiro atoms. The first-order valence-electron chi connectivity index (χ1n) is 12.1. The van der Waals surface area contributed by atoms with Crippen LogP contribution in [0, 0.1) is 0 Å². The van der Waals surface area contributed by atoms with E-state index in [1.54, 1.807) is 29.2 Å². The summed E-state index contributed by atoms with van der Waals surface area (Å²) in [4.78, 5) is 43.2. The number of rotatable bonds is 5. The van der Waals surface area contributed by atoms with Crippen LogP contribution in [0.4, 0.5) is 5.69 Å². The number of amides is 3. The molecule has 4 aromatic rings. The summed E-state index contributed by atoms with van der Waals surface area (Å²) in [7, 11) is 0. The summed E-state index contributed by atoms with van der Waals surface area (Å²) in [5, 5.41) is 1.56. The van der Waals surface area contributed by atoms with Gasteiger partial charge in [-0.05, 0) is 52.8 Å². The van der Waals surface area contributed by atoms with Crippen molar-refractivity contribution in [2.75, 3.05) is 18.0 Å². The van der Waals surface area contributed by atoms with E-state index < -0.39 is 0 Å². The van der Waals surface area contributed by atoms with Gasteiger partial charge in [0.1, 0.15) is 0 Å². The van der Waals surface area contributed by atoms with Crippen molar-refractivity contribution in [1.82, 2.24) is 4.90 Å². The number of nitrogens with zero attached hydrogens (tertiary/aromatic N) is 2. The van der Waals surface area contributed by atoms with E-state index in [0.29, 0.717) is 22.1 Å². The van der Waals surface area contributed by atoms with Crippen molar-refractivity contribution in [2.45, 2.75) is 26.2 Å². The number of hydrogen-bond donors (Lipinski definition) is 0. The summed E-state index contributed by atoms with van der Waals surface area (Å²) in [6, 6.07) is 27.9. The zero-order valence-electron chi connectivity index (χ0n) is 20.7. The predicted molar refractivity (Wildman–Crippen MR) is 143 cm³/mol. The Morgan fingerprint density at radius 3 is 1.89 bits per heavy atom. The molecule has 5 heteroatoms. The second-order valence-electron chi connectivity index (χ2n) is 10.1. The van der Waals surface area contributed by atoms with Gasteiger partial charge in [-0.3, -0.25) is 19.3 Å². The molecular weight excluding hydrogens is 448 g/mol. The molecule has 0 unspecified atom stereocenters. The molecule has 1 aliphatic heterocycles. The molecule has 5 rings (SSSR count). The molecular formula is C31H28N2O3. The van der Waals surface area contributed by atoms with Crippen LogP contribution in [0.25, 0.3) is 10.8 Å². The number of carbonyl (C=O) groups excluding carboxylic acids is 3. The van der Waals surface area contributed by atoms with Crippen LogP contribution in [-0.2, 0) is 5.41 Å². The van der Waals surface area contributed by atoms with Crippen LogP contribution in [0.15, 0.2) is 91.0 Å². The van der Waals surface area contributed by atoms with Gasteiger partial charge in [-0.1, -0.05) is 75.4 Å². The Kier molecular flexibility index (Phi) is 5.92. The molecule has 3 amide bonds. The third-order valence-corrected chi connectivity index (χ3v) is 6.71. The Morgan fingerprint density at radius 2 is 1.33 bits per heavy atom. The molecule has 0 aromatic heterocycles. The summed E-state index contributed by atoms with van der Waals surface area (Å²) < 4.78 is 0. The number of carbonyl (C=O) groups is 3. The Balaban J connectivity index is 1.47. The average Bonchev–Trinajstić information content (AvgIpc) is 2.89. The summed E-state index contributed by atoms with van der Waals surface area (Å²) in [5.41, 5.74) is 3.43. The molecule has 1 heterocycles. The van der Waals surface area contributed by atoms with Crippen LogP contribution in [0.1, 0.15) is 57.4 Å². The summed E-state index contributed by atoms with van der Waals surface area (Å²) >= 11 is 0. The lowest BCUT2D eigenvalue weighted by molar-refractivity contribution is 0.0611. The first kappa shape index (κ1) is 23.5. The average molecular weight is 477 g/mol. The third kappa shape index (κ3) is 4.17. The number of imide groups is 1. The minimum absolute atomic E-state index is 0.0200. The summed E-state index contributed by atoms with van der Waals surface area (Å²) in [5.74, 6) is -0.850. The molecule has 36 heavy (non-hydrogen) atoms. The van der Waals surface area contributed by atoms with Crippen LogP contribution >= 0.6 is 0 Å². The lowest BCUT2D eigenvalue weighted by atomic mass is 9.87. The molecule has 0 radical (unpaired) electrons. The minimum atomic E-state index is -0.334. The maximum absolute atomic E-state index is 13.6. The lowest BCUT2D eigenvalue weighted by Crippen LogP contribution is -2.46. The van der Waals surface area contributed by atoms with Crippen LogP contribution in [-0.4, -0.2) is 35.7 Å². The van der Waals surface area contributed by atoms with Crippen molar-refractivity contribution in [2.24, 2.45) is 0 Å². The maximum Gasteiger partial charge on any atom is 0.261 e. The van der Waals surface area contributed by atoms with Crippen molar-refractivity contribution in [1.29, 1.82) is 0 Å². The standard InChI is InChI=1S/C31H28N2O3/c1-31(2,3)23-15-17-24(18-16-23)32(28(34)22-9-5-4-6-10-22)19-20-33-29(35)25-13-7-11-21-12-8-14-26(27(21)25)30(33)36/h4-18H,19-20H2,1-3H3. The highest BCUT2D eigenvalue weighted by atomic mass is 16.2. The summed E-state index contributed by atoms with van der Waals surface area (Å²) in [6.45, 7) is 6.68. The zero-order valence-corrected chi connectivity index (χ0v) is 20.7. The van der Waals surface area contributed by atoms with Crippen molar-refractivity contribution in [3.05, 3.63) is 113 Å². The van der Waals surface area contributed by atoms with Crippen LogP contribution in [0.2, 0.25) is 0 Å². The number of benzene rings is 4. The van der Waals surface area contributed by atoms with Crippen LogP contribution < -0.4 is 4.90 Å². The zero-order chi connectivity index (χ0) is 25.4. The molecule has 0 N–H and O–H groups in total. The molecule has 180 valence electrons. The predicted octanol–water partition coefficient (Wildman–Crippen LogP) is 6.08. The van der Waals surface area contributed by atoms with Gasteiger partial charge in [0.15, 0.2) is 0 Å². The van der Waals surface area contributed by atoms with Crippen LogP contribution in [0.3, 0.4) is 0 Å². The maximum atomic E-state index is 13.6. The SMILES string of the molecule is CC(C)(C)c1ccc(N(CCN2C(=O)c3cccc4cccc(c34)C2=O)C(=O)c2ccccc2)cc1. The van der Waals surface area contributed by atoms with Gasteiger partial charge in [-0.25, -0.2) is 0 Å². The van der Waals surface area contributed by atoms with Crippen molar-refractivity contribution < 1.29 is 14.4 Å². The quantitative estimate of drug-likeness (QED) is 0.328. The van der Waals surface area contributed by atoms with E-state index in [0.717, 1.165) is 16.6 Å². The minimum Gasteiger partial charge on any atom is -0.307 e. The molecule has 0 saturated carbocycles. The van der Waals surface area contributed by atoms with Crippen LogP contribution in [0.5, 0.6) is 0 Å². The first-order chi connectivity index (χ1) is 17.3. The van der Waals surface area contributed by atoms with E-state index in [1.165, 1.54) is 4.90 Å². The second-order valence-corrected chi connectivity index (χ2v) is 10.1. The van der Waals surface area contributed by atoms with Crippen molar-refractivity contribution in [3.8, 4) is 0 Å². The molecule has 0 aliphatic carbocycles. The monoisotopic (exact) mass is 476 g/mol. The Hall–Kier alpha value is -4.25. The lowest BCUT2D eigenvalue weighted by Gasteiger charge is -2.30. The van der Waals surface area contributed by atoms with Crippen molar-refractivity contribution in [3.63, 3.8) is 0 Å². The van der Waals surface area contributed by atoms with Gasteiger partial charge in [-0.15, -0.1) is 0 Å². The topological polar surface area (TPSA) is 57.7 Å². The molecule has 0 bridgehead atoms. The highest BCUT2D eigenvalue weighted by Crippen LogP contribution is 2.30. The van der Waals surface area contributed by atoms with E-state index in [9.17, 15) is 14.4 Å². The van der Waals surface area contributed by atoms with Crippen molar-refractivity contribution >= 4 is 34.2 Å². The largest absolute Gasteiger partial charge is 0.307 e. The molecule has 0 atom stereocenters. The van der Waals surface area contributed by atoms with E-state index in [-0.39, 0.29) is 36.2 Å². The fraction of sp³-hybridized carbons (Fsp3) is 0.194. The number of hydrogen-bond acceptors (Lipinski definition) is 3. The third-order valence-electron chi connectivity index (χ3n) is 6.71. The normalized spacial score (nSPS) is 13.2.